The largest absolute Gasteiger partial charge is 0.497 e. The van der Waals surface area contributed by atoms with Crippen LogP contribution in [0.3, 0.4) is 0 Å². The van der Waals surface area contributed by atoms with Gasteiger partial charge in [-0.05, 0) is 59.0 Å². The quantitative estimate of drug-likeness (QED) is 0.244. The van der Waals surface area contributed by atoms with E-state index in [0.717, 1.165) is 33.4 Å². The van der Waals surface area contributed by atoms with Gasteiger partial charge in [-0.3, -0.25) is 4.79 Å². The minimum atomic E-state index is -0.606. The molecule has 1 unspecified atom stereocenters. The molecule has 0 saturated carbocycles. The molecular formula is C34H33N2O6. The van der Waals surface area contributed by atoms with E-state index < -0.39 is 12.1 Å². The van der Waals surface area contributed by atoms with Crippen LogP contribution in [-0.4, -0.2) is 46.0 Å². The molecule has 1 aliphatic rings. The highest BCUT2D eigenvalue weighted by molar-refractivity contribution is 5.79. The van der Waals surface area contributed by atoms with Crippen molar-refractivity contribution in [2.45, 2.75) is 12.0 Å². The third-order valence-corrected chi connectivity index (χ3v) is 7.26. The second-order valence-electron chi connectivity index (χ2n) is 9.72. The van der Waals surface area contributed by atoms with E-state index in [1.165, 1.54) is 0 Å². The van der Waals surface area contributed by atoms with Crippen LogP contribution in [0.1, 0.15) is 34.2 Å². The number of rotatable bonds is 11. The maximum atomic E-state index is 13.3. The lowest BCUT2D eigenvalue weighted by atomic mass is 9.97. The molecule has 42 heavy (non-hydrogen) atoms. The van der Waals surface area contributed by atoms with E-state index in [9.17, 15) is 9.59 Å². The van der Waals surface area contributed by atoms with Gasteiger partial charge in [-0.25, -0.2) is 4.79 Å². The Morgan fingerprint density at radius 2 is 1.48 bits per heavy atom. The van der Waals surface area contributed by atoms with Gasteiger partial charge in [-0.15, -0.1) is 0 Å². The maximum absolute atomic E-state index is 13.3. The molecule has 0 aromatic heterocycles. The molecule has 2 N–H and O–H groups in total. The number of ether oxygens (including phenoxy) is 4. The van der Waals surface area contributed by atoms with Crippen LogP contribution in [0.15, 0.2) is 91.0 Å². The summed E-state index contributed by atoms with van der Waals surface area (Å²) >= 11 is 0. The zero-order valence-corrected chi connectivity index (χ0v) is 23.6. The number of nitrogens with one attached hydrogen (secondary N) is 2. The van der Waals surface area contributed by atoms with Crippen molar-refractivity contribution in [1.82, 2.24) is 10.6 Å². The zero-order valence-electron chi connectivity index (χ0n) is 23.6. The Bertz CT molecular complexity index is 1510. The van der Waals surface area contributed by atoms with Crippen LogP contribution >= 0.6 is 0 Å². The molecule has 0 bridgehead atoms. The fourth-order valence-corrected chi connectivity index (χ4v) is 5.25. The number of alkyl carbamates (subject to hydrolysis) is 1. The Hall–Kier alpha value is -4.98. The molecule has 0 saturated heterocycles. The van der Waals surface area contributed by atoms with E-state index >= 15 is 0 Å². The molecule has 4 aromatic rings. The molecule has 0 heterocycles. The molecule has 4 aromatic carbocycles. The smallest absolute Gasteiger partial charge is 0.407 e. The first-order chi connectivity index (χ1) is 20.5. The summed E-state index contributed by atoms with van der Waals surface area (Å²) in [7, 11) is 3.15. The second kappa shape index (κ2) is 13.1. The van der Waals surface area contributed by atoms with E-state index in [0.29, 0.717) is 17.2 Å². The fourth-order valence-electron chi connectivity index (χ4n) is 5.25. The molecule has 5 rings (SSSR count). The standard InChI is InChI=1S/C34H33N2O6/c1-4-35-32(37)21-41-23-15-13-22(14-16-23)33(29-18-17-24(39-2)19-31(29)40-3)36-34(38)42-20-30-27-11-7-5-9-25(27)26-10-6-8-12-28(26)30/h5-19,30,33H,1,4,20-21H2,2-3H3,(H,35,37)(H,36,38). The molecule has 0 spiro atoms. The Morgan fingerprint density at radius 3 is 2.10 bits per heavy atom. The van der Waals surface area contributed by atoms with Crippen molar-refractivity contribution in [1.29, 1.82) is 0 Å². The summed E-state index contributed by atoms with van der Waals surface area (Å²) in [4.78, 5) is 25.1. The average molecular weight is 566 g/mol. The van der Waals surface area contributed by atoms with Crippen LogP contribution in [0.2, 0.25) is 0 Å². The monoisotopic (exact) mass is 565 g/mol. The van der Waals surface area contributed by atoms with Crippen LogP contribution in [0.4, 0.5) is 4.79 Å². The van der Waals surface area contributed by atoms with Crippen LogP contribution < -0.4 is 24.8 Å². The zero-order chi connectivity index (χ0) is 29.5. The topological polar surface area (TPSA) is 95.1 Å². The van der Waals surface area contributed by atoms with E-state index in [-0.39, 0.29) is 31.6 Å². The molecule has 2 amide bonds. The summed E-state index contributed by atoms with van der Waals surface area (Å²) < 4.78 is 22.5. The van der Waals surface area contributed by atoms with Gasteiger partial charge in [0.2, 0.25) is 0 Å². The van der Waals surface area contributed by atoms with Gasteiger partial charge in [0.15, 0.2) is 6.61 Å². The minimum Gasteiger partial charge on any atom is -0.497 e. The molecule has 215 valence electrons. The second-order valence-corrected chi connectivity index (χ2v) is 9.72. The van der Waals surface area contributed by atoms with Gasteiger partial charge in [0.05, 0.1) is 20.3 Å². The summed E-state index contributed by atoms with van der Waals surface area (Å²) in [6.45, 7) is 3.95. The predicted molar refractivity (Wildman–Crippen MR) is 160 cm³/mol. The Morgan fingerprint density at radius 1 is 0.833 bits per heavy atom. The number of carbonyl (C=O) groups is 2. The number of hydrogen-bond donors (Lipinski definition) is 2. The lowest BCUT2D eigenvalue weighted by molar-refractivity contribution is -0.122. The van der Waals surface area contributed by atoms with E-state index in [1.807, 2.05) is 48.5 Å². The van der Waals surface area contributed by atoms with Crippen LogP contribution in [0.5, 0.6) is 17.2 Å². The average Bonchev–Trinajstić information content (AvgIpc) is 3.35. The van der Waals surface area contributed by atoms with Gasteiger partial charge in [-0.1, -0.05) is 60.7 Å². The molecule has 1 radical (unpaired) electrons. The highest BCUT2D eigenvalue weighted by atomic mass is 16.5. The van der Waals surface area contributed by atoms with Crippen molar-refractivity contribution in [2.75, 3.05) is 34.0 Å². The first-order valence-electron chi connectivity index (χ1n) is 13.6. The predicted octanol–water partition coefficient (Wildman–Crippen LogP) is 5.66. The fraction of sp³-hybridized carbons (Fsp3) is 0.206. The normalized spacial score (nSPS) is 12.5. The summed E-state index contributed by atoms with van der Waals surface area (Å²) in [5, 5.41) is 5.62. The lowest BCUT2D eigenvalue weighted by Gasteiger charge is -2.23. The summed E-state index contributed by atoms with van der Waals surface area (Å²) in [6, 6.07) is 28.4. The SMILES string of the molecule is [CH2]CNC(=O)COc1ccc(C(NC(=O)OCC2c3ccccc3-c3ccccc32)c2ccc(OC)cc2OC)cc1. The molecule has 8 heteroatoms. The summed E-state index contributed by atoms with van der Waals surface area (Å²) in [6.07, 6.45) is -0.565. The highest BCUT2D eigenvalue weighted by Crippen LogP contribution is 2.44. The highest BCUT2D eigenvalue weighted by Gasteiger charge is 2.30. The number of amides is 2. The van der Waals surface area contributed by atoms with Gasteiger partial charge < -0.3 is 29.6 Å². The van der Waals surface area contributed by atoms with Gasteiger partial charge in [0.25, 0.3) is 5.91 Å². The van der Waals surface area contributed by atoms with E-state index in [4.69, 9.17) is 18.9 Å². The Balaban J connectivity index is 1.36. The maximum Gasteiger partial charge on any atom is 0.407 e. The number of methoxy groups -OCH3 is 2. The van der Waals surface area contributed by atoms with E-state index in [2.05, 4.69) is 41.8 Å². The third-order valence-electron chi connectivity index (χ3n) is 7.26. The van der Waals surface area contributed by atoms with Gasteiger partial charge >= 0.3 is 6.09 Å². The number of benzene rings is 4. The van der Waals surface area contributed by atoms with E-state index in [1.54, 1.807) is 32.4 Å². The third kappa shape index (κ3) is 6.17. The van der Waals surface area contributed by atoms with Crippen LogP contribution in [0, 0.1) is 6.92 Å². The van der Waals surface area contributed by atoms with Crippen LogP contribution in [0.25, 0.3) is 11.1 Å². The molecule has 1 aliphatic carbocycles. The lowest BCUT2D eigenvalue weighted by Crippen LogP contribution is -2.31. The van der Waals surface area contributed by atoms with Crippen molar-refractivity contribution in [3.8, 4) is 28.4 Å². The Kier molecular flexibility index (Phi) is 8.92. The van der Waals surface area contributed by atoms with Crippen LogP contribution in [-0.2, 0) is 9.53 Å². The van der Waals surface area contributed by atoms with Gasteiger partial charge in [0.1, 0.15) is 23.9 Å². The van der Waals surface area contributed by atoms with Crippen molar-refractivity contribution < 1.29 is 28.5 Å². The van der Waals surface area contributed by atoms with Crippen molar-refractivity contribution in [2.24, 2.45) is 0 Å². The molecular weight excluding hydrogens is 532 g/mol. The first-order valence-corrected chi connectivity index (χ1v) is 13.6. The molecule has 8 nitrogen and oxygen atoms in total. The number of fused-ring (bicyclic) bond motifs is 3. The van der Waals surface area contributed by atoms with Crippen molar-refractivity contribution in [3.63, 3.8) is 0 Å². The number of carbonyl (C=O) groups excluding carboxylic acids is 2. The first kappa shape index (κ1) is 28.5. The molecule has 1 atom stereocenters. The molecule has 0 aliphatic heterocycles. The van der Waals surface area contributed by atoms with Crippen molar-refractivity contribution >= 4 is 12.0 Å². The minimum absolute atomic E-state index is 0.0609. The van der Waals surface area contributed by atoms with Gasteiger partial charge in [0, 0.05) is 24.1 Å². The summed E-state index contributed by atoms with van der Waals surface area (Å²) in [5.41, 5.74) is 6.08. The summed E-state index contributed by atoms with van der Waals surface area (Å²) in [5.74, 6) is 1.36. The van der Waals surface area contributed by atoms with Gasteiger partial charge in [-0.2, -0.15) is 0 Å². The molecule has 0 fully saturated rings. The number of hydrogen-bond acceptors (Lipinski definition) is 6. The Labute approximate surface area is 245 Å². The van der Waals surface area contributed by atoms with Crippen molar-refractivity contribution in [3.05, 3.63) is 120 Å².